The second kappa shape index (κ2) is 6.04. The normalized spacial score (nSPS) is 10.6. The largest absolute Gasteiger partial charge is 0.366 e. The van der Waals surface area contributed by atoms with Crippen molar-refractivity contribution in [3.63, 3.8) is 0 Å². The average molecular weight is 323 g/mol. The van der Waals surface area contributed by atoms with Crippen molar-refractivity contribution in [3.8, 4) is 11.1 Å². The Morgan fingerprint density at radius 2 is 1.83 bits per heavy atom. The lowest BCUT2D eigenvalue weighted by atomic mass is 10.0. The third-order valence-electron chi connectivity index (χ3n) is 3.72. The van der Waals surface area contributed by atoms with E-state index in [1.54, 1.807) is 72.1 Å². The molecule has 7 nitrogen and oxygen atoms in total. The second-order valence-corrected chi connectivity index (χ2v) is 5.43. The Balaban J connectivity index is 2.02. The van der Waals surface area contributed by atoms with Crippen LogP contribution in [0, 0.1) is 0 Å². The molecule has 0 saturated carbocycles. The van der Waals surface area contributed by atoms with Crippen LogP contribution in [0.15, 0.2) is 48.8 Å². The predicted molar refractivity (Wildman–Crippen MR) is 90.5 cm³/mol. The number of rotatable bonds is 4. The van der Waals surface area contributed by atoms with Gasteiger partial charge in [-0.1, -0.05) is 18.2 Å². The highest BCUT2D eigenvalue weighted by atomic mass is 16.2. The number of nitrogens with two attached hydrogens (primary N) is 1. The van der Waals surface area contributed by atoms with E-state index in [0.29, 0.717) is 28.2 Å². The van der Waals surface area contributed by atoms with E-state index in [4.69, 9.17) is 5.73 Å². The monoisotopic (exact) mass is 323 g/mol. The van der Waals surface area contributed by atoms with Gasteiger partial charge in [-0.25, -0.2) is 0 Å². The van der Waals surface area contributed by atoms with E-state index in [-0.39, 0.29) is 5.91 Å². The standard InChI is InChI=1S/C17H17N5O2/c1-21-9-5-8-14(21)17(24)19-16-13(10-22(2)20-16)11-6-3-4-7-12(11)15(18)23/h3-10H,1-2H3,(H2,18,23)(H,19,20,24). The molecule has 2 heterocycles. The number of hydrogen-bond acceptors (Lipinski definition) is 3. The van der Waals surface area contributed by atoms with Gasteiger partial charge in [0, 0.05) is 37.6 Å². The Labute approximate surface area is 138 Å². The Hall–Kier alpha value is -3.35. The van der Waals surface area contributed by atoms with Crippen LogP contribution >= 0.6 is 0 Å². The van der Waals surface area contributed by atoms with Gasteiger partial charge in [0.05, 0.1) is 0 Å². The van der Waals surface area contributed by atoms with E-state index in [0.717, 1.165) is 0 Å². The average Bonchev–Trinajstić information content (AvgIpc) is 3.13. The van der Waals surface area contributed by atoms with Gasteiger partial charge in [0.1, 0.15) is 5.69 Å². The van der Waals surface area contributed by atoms with Gasteiger partial charge in [-0.3, -0.25) is 14.3 Å². The molecule has 0 aliphatic carbocycles. The van der Waals surface area contributed by atoms with Crippen LogP contribution in [0.1, 0.15) is 20.8 Å². The maximum atomic E-state index is 12.4. The van der Waals surface area contributed by atoms with Crippen LogP contribution in [0.25, 0.3) is 11.1 Å². The zero-order valence-corrected chi connectivity index (χ0v) is 13.4. The van der Waals surface area contributed by atoms with Crippen molar-refractivity contribution in [1.29, 1.82) is 0 Å². The van der Waals surface area contributed by atoms with Crippen molar-refractivity contribution in [2.24, 2.45) is 19.8 Å². The molecule has 3 N–H and O–H groups in total. The minimum absolute atomic E-state index is 0.279. The minimum atomic E-state index is -0.533. The van der Waals surface area contributed by atoms with Gasteiger partial charge in [-0.15, -0.1) is 0 Å². The van der Waals surface area contributed by atoms with Crippen molar-refractivity contribution in [3.05, 3.63) is 60.0 Å². The van der Waals surface area contributed by atoms with Crippen molar-refractivity contribution < 1.29 is 9.59 Å². The minimum Gasteiger partial charge on any atom is -0.366 e. The molecule has 0 aliphatic heterocycles. The molecule has 24 heavy (non-hydrogen) atoms. The number of nitrogens with zero attached hydrogens (tertiary/aromatic N) is 3. The first-order valence-electron chi connectivity index (χ1n) is 7.33. The molecule has 3 rings (SSSR count). The highest BCUT2D eigenvalue weighted by Crippen LogP contribution is 2.29. The smallest absolute Gasteiger partial charge is 0.273 e. The van der Waals surface area contributed by atoms with Gasteiger partial charge in [0.2, 0.25) is 5.91 Å². The van der Waals surface area contributed by atoms with Crippen molar-refractivity contribution in [1.82, 2.24) is 14.3 Å². The summed E-state index contributed by atoms with van der Waals surface area (Å²) in [5.74, 6) is -0.439. The van der Waals surface area contributed by atoms with Gasteiger partial charge >= 0.3 is 0 Å². The lowest BCUT2D eigenvalue weighted by molar-refractivity contribution is 0.0997. The molecule has 3 aromatic rings. The Morgan fingerprint density at radius 1 is 1.08 bits per heavy atom. The van der Waals surface area contributed by atoms with Crippen LogP contribution < -0.4 is 11.1 Å². The molecule has 0 fully saturated rings. The third-order valence-corrected chi connectivity index (χ3v) is 3.72. The highest BCUT2D eigenvalue weighted by molar-refractivity contribution is 6.06. The topological polar surface area (TPSA) is 94.9 Å². The number of nitrogens with one attached hydrogen (secondary N) is 1. The number of carbonyl (C=O) groups is 2. The maximum Gasteiger partial charge on any atom is 0.273 e. The van der Waals surface area contributed by atoms with Crippen molar-refractivity contribution in [2.45, 2.75) is 0 Å². The zero-order valence-electron chi connectivity index (χ0n) is 13.4. The lowest BCUT2D eigenvalue weighted by Crippen LogP contribution is -2.17. The predicted octanol–water partition coefficient (Wildman–Crippen LogP) is 1.78. The van der Waals surface area contributed by atoms with E-state index >= 15 is 0 Å². The first-order chi connectivity index (χ1) is 11.5. The molecule has 0 bridgehead atoms. The molecular weight excluding hydrogens is 306 g/mol. The molecule has 1 aromatic carbocycles. The number of aryl methyl sites for hydroxylation is 2. The number of hydrogen-bond donors (Lipinski definition) is 2. The first-order valence-corrected chi connectivity index (χ1v) is 7.33. The Kier molecular flexibility index (Phi) is 3.91. The van der Waals surface area contributed by atoms with Crippen LogP contribution in [-0.2, 0) is 14.1 Å². The molecule has 2 aromatic heterocycles. The summed E-state index contributed by atoms with van der Waals surface area (Å²) in [7, 11) is 3.53. The molecule has 0 radical (unpaired) electrons. The number of aromatic nitrogens is 3. The van der Waals surface area contributed by atoms with Gasteiger partial charge in [0.15, 0.2) is 5.82 Å². The fourth-order valence-electron chi connectivity index (χ4n) is 2.58. The van der Waals surface area contributed by atoms with Crippen LogP contribution in [0.5, 0.6) is 0 Å². The lowest BCUT2D eigenvalue weighted by Gasteiger charge is -2.08. The fourth-order valence-corrected chi connectivity index (χ4v) is 2.58. The summed E-state index contributed by atoms with van der Waals surface area (Å²) in [6.07, 6.45) is 3.53. The molecule has 2 amide bonds. The summed E-state index contributed by atoms with van der Waals surface area (Å²) in [6, 6.07) is 10.5. The summed E-state index contributed by atoms with van der Waals surface area (Å²) in [6.45, 7) is 0. The molecule has 0 spiro atoms. The van der Waals surface area contributed by atoms with Crippen LogP contribution in [0.4, 0.5) is 5.82 Å². The molecule has 0 saturated heterocycles. The van der Waals surface area contributed by atoms with Gasteiger partial charge in [-0.05, 0) is 23.8 Å². The Morgan fingerprint density at radius 3 is 2.50 bits per heavy atom. The number of carbonyl (C=O) groups excluding carboxylic acids is 2. The molecular formula is C17H17N5O2. The van der Waals surface area contributed by atoms with Gasteiger partial charge in [-0.2, -0.15) is 5.10 Å². The van der Waals surface area contributed by atoms with Crippen LogP contribution in [0.2, 0.25) is 0 Å². The molecule has 122 valence electrons. The highest BCUT2D eigenvalue weighted by Gasteiger charge is 2.18. The van der Waals surface area contributed by atoms with Crippen LogP contribution in [0.3, 0.4) is 0 Å². The number of benzene rings is 1. The molecule has 0 unspecified atom stereocenters. The number of primary amides is 1. The summed E-state index contributed by atoms with van der Waals surface area (Å²) >= 11 is 0. The first kappa shape index (κ1) is 15.5. The SMILES string of the molecule is Cn1cc(-c2ccccc2C(N)=O)c(NC(=O)c2cccn2C)n1. The fraction of sp³-hybridized carbons (Fsp3) is 0.118. The van der Waals surface area contributed by atoms with E-state index < -0.39 is 5.91 Å². The van der Waals surface area contributed by atoms with E-state index in [1.165, 1.54) is 0 Å². The number of anilines is 1. The molecule has 0 atom stereocenters. The quantitative estimate of drug-likeness (QED) is 0.766. The van der Waals surface area contributed by atoms with Gasteiger partial charge in [0.25, 0.3) is 5.91 Å². The van der Waals surface area contributed by atoms with E-state index in [9.17, 15) is 9.59 Å². The van der Waals surface area contributed by atoms with E-state index in [1.807, 2.05) is 0 Å². The van der Waals surface area contributed by atoms with Crippen molar-refractivity contribution >= 4 is 17.6 Å². The summed E-state index contributed by atoms with van der Waals surface area (Å²) < 4.78 is 3.29. The Bertz CT molecular complexity index is 923. The number of amides is 2. The summed E-state index contributed by atoms with van der Waals surface area (Å²) in [5, 5.41) is 7.09. The zero-order chi connectivity index (χ0) is 17.3. The molecule has 0 aliphatic rings. The summed E-state index contributed by atoms with van der Waals surface area (Å²) in [5.41, 5.74) is 7.59. The van der Waals surface area contributed by atoms with E-state index in [2.05, 4.69) is 10.4 Å². The van der Waals surface area contributed by atoms with Gasteiger partial charge < -0.3 is 15.6 Å². The molecule has 7 heteroatoms. The second-order valence-electron chi connectivity index (χ2n) is 5.43. The summed E-state index contributed by atoms with van der Waals surface area (Å²) in [4.78, 5) is 24.1. The van der Waals surface area contributed by atoms with Crippen LogP contribution in [-0.4, -0.2) is 26.2 Å². The third kappa shape index (κ3) is 2.79. The maximum absolute atomic E-state index is 12.4. The van der Waals surface area contributed by atoms with Crippen molar-refractivity contribution in [2.75, 3.05) is 5.32 Å².